The highest BCUT2D eigenvalue weighted by Crippen LogP contribution is 2.25. The van der Waals surface area contributed by atoms with Crippen LogP contribution in [0, 0.1) is 0 Å². The molecule has 0 bridgehead atoms. The fourth-order valence-corrected chi connectivity index (χ4v) is 1.39. The molecule has 0 fully saturated rings. The fourth-order valence-electron chi connectivity index (χ4n) is 1.39. The minimum atomic E-state index is -0.644. The number of benzene rings is 1. The number of nitrogens with two attached hydrogens (primary N) is 1. The Morgan fingerprint density at radius 3 is 2.63 bits per heavy atom. The molecule has 6 heteroatoms. The van der Waals surface area contributed by atoms with Crippen molar-refractivity contribution in [3.05, 3.63) is 23.8 Å². The van der Waals surface area contributed by atoms with Crippen molar-refractivity contribution in [2.45, 2.75) is 6.92 Å². The highest BCUT2D eigenvalue weighted by Gasteiger charge is 2.16. The highest BCUT2D eigenvalue weighted by atomic mass is 16.5. The monoisotopic (exact) mass is 266 g/mol. The standard InChI is InChI=1S/C13H18N2O4/c1-4-15(2)11(16)8-19-13(17)9-6-5-7-10(18-3)12(9)14/h5-7H,4,8,14H2,1-3H3. The third-order valence-corrected chi connectivity index (χ3v) is 2.73. The van der Waals surface area contributed by atoms with E-state index in [1.165, 1.54) is 18.1 Å². The lowest BCUT2D eigenvalue weighted by atomic mass is 10.1. The van der Waals surface area contributed by atoms with Crippen molar-refractivity contribution >= 4 is 17.6 Å². The lowest BCUT2D eigenvalue weighted by molar-refractivity contribution is -0.133. The maximum Gasteiger partial charge on any atom is 0.340 e. The van der Waals surface area contributed by atoms with Crippen LogP contribution in [-0.2, 0) is 9.53 Å². The van der Waals surface area contributed by atoms with Crippen molar-refractivity contribution in [3.8, 4) is 5.75 Å². The molecule has 19 heavy (non-hydrogen) atoms. The number of anilines is 1. The van der Waals surface area contributed by atoms with Crippen LogP contribution < -0.4 is 10.5 Å². The predicted octanol–water partition coefficient (Wildman–Crippen LogP) is 0.912. The number of likely N-dealkylation sites (N-methyl/N-ethyl adjacent to an activating group) is 1. The SMILES string of the molecule is CCN(C)C(=O)COC(=O)c1cccc(OC)c1N. The Kier molecular flexibility index (Phi) is 5.17. The van der Waals surface area contributed by atoms with Gasteiger partial charge in [0, 0.05) is 13.6 Å². The quantitative estimate of drug-likeness (QED) is 0.633. The molecule has 0 radical (unpaired) electrons. The maximum atomic E-state index is 11.8. The molecule has 0 aliphatic heterocycles. The number of hydrogen-bond acceptors (Lipinski definition) is 5. The van der Waals surface area contributed by atoms with E-state index >= 15 is 0 Å². The molecule has 1 amide bonds. The average Bonchev–Trinajstić information content (AvgIpc) is 2.43. The maximum absolute atomic E-state index is 11.8. The molecule has 0 heterocycles. The molecule has 0 aromatic heterocycles. The van der Waals surface area contributed by atoms with Crippen molar-refractivity contribution in [1.82, 2.24) is 4.90 Å². The van der Waals surface area contributed by atoms with Gasteiger partial charge in [0.25, 0.3) is 5.91 Å². The van der Waals surface area contributed by atoms with E-state index in [2.05, 4.69) is 0 Å². The molecule has 2 N–H and O–H groups in total. The summed E-state index contributed by atoms with van der Waals surface area (Å²) in [6.07, 6.45) is 0. The molecule has 0 saturated heterocycles. The summed E-state index contributed by atoms with van der Waals surface area (Å²) in [5.74, 6) is -0.516. The summed E-state index contributed by atoms with van der Waals surface area (Å²) in [5.41, 5.74) is 6.15. The number of methoxy groups -OCH3 is 1. The van der Waals surface area contributed by atoms with E-state index in [0.29, 0.717) is 12.3 Å². The van der Waals surface area contributed by atoms with Crippen LogP contribution in [-0.4, -0.2) is 44.1 Å². The number of para-hydroxylation sites is 1. The number of ether oxygens (including phenoxy) is 2. The first kappa shape index (κ1) is 14.8. The normalized spacial score (nSPS) is 9.84. The highest BCUT2D eigenvalue weighted by molar-refractivity contribution is 5.97. The van der Waals surface area contributed by atoms with E-state index in [-0.39, 0.29) is 23.8 Å². The molecule has 0 saturated carbocycles. The first-order valence-corrected chi connectivity index (χ1v) is 5.84. The Labute approximate surface area is 112 Å². The zero-order valence-corrected chi connectivity index (χ0v) is 11.3. The average molecular weight is 266 g/mol. The van der Waals surface area contributed by atoms with Gasteiger partial charge in [-0.25, -0.2) is 4.79 Å². The van der Waals surface area contributed by atoms with Crippen LogP contribution >= 0.6 is 0 Å². The Morgan fingerprint density at radius 1 is 1.37 bits per heavy atom. The second kappa shape index (κ2) is 6.63. The van der Waals surface area contributed by atoms with Gasteiger partial charge in [-0.2, -0.15) is 0 Å². The van der Waals surface area contributed by atoms with Gasteiger partial charge in [0.1, 0.15) is 5.75 Å². The summed E-state index contributed by atoms with van der Waals surface area (Å²) in [6.45, 7) is 2.08. The third kappa shape index (κ3) is 3.61. The van der Waals surface area contributed by atoms with Crippen LogP contribution in [0.5, 0.6) is 5.75 Å². The van der Waals surface area contributed by atoms with Gasteiger partial charge in [0.05, 0.1) is 18.4 Å². The molecule has 1 aromatic carbocycles. The summed E-state index contributed by atoms with van der Waals surface area (Å²) >= 11 is 0. The molecule has 0 atom stereocenters. The van der Waals surface area contributed by atoms with Gasteiger partial charge in [0.2, 0.25) is 0 Å². The Balaban J connectivity index is 2.72. The number of nitrogen functional groups attached to an aromatic ring is 1. The van der Waals surface area contributed by atoms with Gasteiger partial charge >= 0.3 is 5.97 Å². The first-order valence-electron chi connectivity index (χ1n) is 5.84. The Morgan fingerprint density at radius 2 is 2.05 bits per heavy atom. The molecular weight excluding hydrogens is 248 g/mol. The van der Waals surface area contributed by atoms with Gasteiger partial charge in [-0.15, -0.1) is 0 Å². The summed E-state index contributed by atoms with van der Waals surface area (Å²) in [7, 11) is 3.09. The minimum absolute atomic E-state index is 0.186. The number of carbonyl (C=O) groups excluding carboxylic acids is 2. The second-order valence-electron chi connectivity index (χ2n) is 3.91. The summed E-state index contributed by atoms with van der Waals surface area (Å²) in [4.78, 5) is 24.8. The number of rotatable bonds is 5. The molecule has 0 aliphatic carbocycles. The zero-order chi connectivity index (χ0) is 14.4. The van der Waals surface area contributed by atoms with Crippen molar-refractivity contribution in [2.24, 2.45) is 0 Å². The van der Waals surface area contributed by atoms with Gasteiger partial charge in [-0.05, 0) is 19.1 Å². The van der Waals surface area contributed by atoms with Gasteiger partial charge in [0.15, 0.2) is 6.61 Å². The largest absolute Gasteiger partial charge is 0.495 e. The number of esters is 1. The fraction of sp³-hybridized carbons (Fsp3) is 0.385. The van der Waals surface area contributed by atoms with Crippen LogP contribution in [0.4, 0.5) is 5.69 Å². The Bertz CT molecular complexity index is 474. The third-order valence-electron chi connectivity index (χ3n) is 2.73. The Hall–Kier alpha value is -2.24. The van der Waals surface area contributed by atoms with Crippen LogP contribution in [0.15, 0.2) is 18.2 Å². The molecule has 0 unspecified atom stereocenters. The second-order valence-corrected chi connectivity index (χ2v) is 3.91. The molecular formula is C13H18N2O4. The number of amides is 1. The van der Waals surface area contributed by atoms with E-state index in [1.54, 1.807) is 19.2 Å². The summed E-state index contributed by atoms with van der Waals surface area (Å²) < 4.78 is 9.94. The van der Waals surface area contributed by atoms with Crippen LogP contribution in [0.3, 0.4) is 0 Å². The molecule has 1 aromatic rings. The molecule has 0 spiro atoms. The van der Waals surface area contributed by atoms with Crippen molar-refractivity contribution in [2.75, 3.05) is 33.0 Å². The lowest BCUT2D eigenvalue weighted by Crippen LogP contribution is -2.31. The van der Waals surface area contributed by atoms with Crippen molar-refractivity contribution in [3.63, 3.8) is 0 Å². The van der Waals surface area contributed by atoms with Crippen molar-refractivity contribution in [1.29, 1.82) is 0 Å². The number of carbonyl (C=O) groups is 2. The van der Waals surface area contributed by atoms with E-state index < -0.39 is 5.97 Å². The van der Waals surface area contributed by atoms with E-state index in [4.69, 9.17) is 15.2 Å². The smallest absolute Gasteiger partial charge is 0.340 e. The van der Waals surface area contributed by atoms with Crippen LogP contribution in [0.25, 0.3) is 0 Å². The lowest BCUT2D eigenvalue weighted by Gasteiger charge is -2.14. The van der Waals surface area contributed by atoms with Gasteiger partial charge in [-0.3, -0.25) is 4.79 Å². The molecule has 6 nitrogen and oxygen atoms in total. The number of nitrogens with zero attached hydrogens (tertiary/aromatic N) is 1. The minimum Gasteiger partial charge on any atom is -0.495 e. The van der Waals surface area contributed by atoms with Crippen LogP contribution in [0.1, 0.15) is 17.3 Å². The molecule has 0 aliphatic rings. The number of hydrogen-bond donors (Lipinski definition) is 1. The van der Waals surface area contributed by atoms with E-state index in [9.17, 15) is 9.59 Å². The van der Waals surface area contributed by atoms with Gasteiger partial charge < -0.3 is 20.1 Å². The topological polar surface area (TPSA) is 81.9 Å². The van der Waals surface area contributed by atoms with E-state index in [1.807, 2.05) is 6.92 Å². The predicted molar refractivity (Wildman–Crippen MR) is 71.0 cm³/mol. The van der Waals surface area contributed by atoms with Crippen molar-refractivity contribution < 1.29 is 19.1 Å². The first-order chi connectivity index (χ1) is 9.01. The summed E-state index contributed by atoms with van der Waals surface area (Å²) in [5, 5.41) is 0. The zero-order valence-electron chi connectivity index (χ0n) is 11.3. The van der Waals surface area contributed by atoms with Crippen LogP contribution in [0.2, 0.25) is 0 Å². The van der Waals surface area contributed by atoms with E-state index in [0.717, 1.165) is 0 Å². The molecule has 104 valence electrons. The summed E-state index contributed by atoms with van der Waals surface area (Å²) in [6, 6.07) is 4.79. The van der Waals surface area contributed by atoms with Gasteiger partial charge in [-0.1, -0.05) is 6.07 Å². The molecule has 1 rings (SSSR count).